The number of hydrogen-bond donors (Lipinski definition) is 6. The first-order valence-corrected chi connectivity index (χ1v) is 12.1. The van der Waals surface area contributed by atoms with Gasteiger partial charge < -0.3 is 10.4 Å². The summed E-state index contributed by atoms with van der Waals surface area (Å²) in [6.45, 7) is 0.557. The van der Waals surface area contributed by atoms with Gasteiger partial charge in [0.05, 0.1) is 11.2 Å². The lowest BCUT2D eigenvalue weighted by Gasteiger charge is -2.32. The molecule has 1 amide bonds. The number of amidine groups is 1. The van der Waals surface area contributed by atoms with E-state index < -0.39 is 15.9 Å². The Kier molecular flexibility index (Phi) is 5.31. The molecular formula is C20H25N4O4S2+. The number of allylic oxidation sites excluding steroid dienone is 3. The maximum absolute atomic E-state index is 12.7. The lowest BCUT2D eigenvalue weighted by molar-refractivity contribution is -0.357. The summed E-state index contributed by atoms with van der Waals surface area (Å²) >= 11 is 4.37. The highest BCUT2D eigenvalue weighted by molar-refractivity contribution is 7.92. The number of anilines is 1. The fraction of sp³-hybridized carbons (Fsp3) is 0.400. The largest absolute Gasteiger partial charge is 0.511 e. The molecule has 4 rings (SSSR count). The molecule has 30 heavy (non-hydrogen) atoms. The summed E-state index contributed by atoms with van der Waals surface area (Å²) < 4.78 is 25.1. The third kappa shape index (κ3) is 4.06. The molecule has 6 N–H and O–H groups in total. The lowest BCUT2D eigenvalue weighted by Crippen LogP contribution is -2.71. The minimum atomic E-state index is -3.41. The van der Waals surface area contributed by atoms with Crippen LogP contribution in [0.3, 0.4) is 0 Å². The van der Waals surface area contributed by atoms with Crippen LogP contribution in [0.1, 0.15) is 19.3 Å². The predicted octanol–water partition coefficient (Wildman–Crippen LogP) is 0.331. The van der Waals surface area contributed by atoms with Gasteiger partial charge in [-0.1, -0.05) is 11.6 Å². The Bertz CT molecular complexity index is 1110. The molecule has 1 heterocycles. The molecule has 2 aliphatic carbocycles. The van der Waals surface area contributed by atoms with Crippen molar-refractivity contribution in [3.63, 3.8) is 0 Å². The van der Waals surface area contributed by atoms with Crippen LogP contribution in [-0.4, -0.2) is 38.1 Å². The maximum atomic E-state index is 12.7. The summed E-state index contributed by atoms with van der Waals surface area (Å²) in [7, 11) is -3.41. The molecule has 3 aliphatic rings. The highest BCUT2D eigenvalue weighted by atomic mass is 32.2. The number of nitrogens with two attached hydrogens (primary N) is 1. The van der Waals surface area contributed by atoms with Crippen molar-refractivity contribution >= 4 is 45.8 Å². The van der Waals surface area contributed by atoms with E-state index in [1.807, 2.05) is 0 Å². The summed E-state index contributed by atoms with van der Waals surface area (Å²) in [6.07, 6.45) is 5.92. The van der Waals surface area contributed by atoms with Crippen LogP contribution in [-0.2, 0) is 14.8 Å². The van der Waals surface area contributed by atoms with Gasteiger partial charge in [0.25, 0.3) is 11.7 Å². The van der Waals surface area contributed by atoms with Crippen LogP contribution in [0.4, 0.5) is 11.4 Å². The van der Waals surface area contributed by atoms with Gasteiger partial charge in [0.2, 0.25) is 10.0 Å². The molecule has 1 aliphatic heterocycles. The normalized spacial score (nSPS) is 26.6. The van der Waals surface area contributed by atoms with Gasteiger partial charge in [-0.25, -0.2) is 13.4 Å². The standard InChI is InChI=1S/C20H24N4O4S2/c1-30(27,28)24-12-4-5-15(17(29)7-12)23-19(21)18-16(25)8-13-10-2-3-11(6-10)14(13)9-22-20(18)26/h4-7,11,13-14,24-25,29H,2-3,8-9H2,1H3,(H2,21,23)(H,22,26)/p+1. The average Bonchev–Trinajstić information content (AvgIpc) is 3.21. The molecule has 0 fully saturated rings. The van der Waals surface area contributed by atoms with Gasteiger partial charge >= 0.3 is 0 Å². The van der Waals surface area contributed by atoms with Gasteiger partial charge in [-0.05, 0) is 48.8 Å². The van der Waals surface area contributed by atoms with E-state index in [0.717, 1.165) is 19.1 Å². The molecule has 0 radical (unpaired) electrons. The van der Waals surface area contributed by atoms with Crippen LogP contribution in [0, 0.1) is 17.8 Å². The van der Waals surface area contributed by atoms with Crippen molar-refractivity contribution in [2.75, 3.05) is 17.5 Å². The molecule has 10 heteroatoms. The van der Waals surface area contributed by atoms with Crippen molar-refractivity contribution < 1.29 is 23.3 Å². The number of carbonyl (C=O) groups excluding carboxylic acids is 1. The zero-order chi connectivity index (χ0) is 21.6. The smallest absolute Gasteiger partial charge is 0.287 e. The fourth-order valence-corrected chi connectivity index (χ4v) is 5.54. The molecule has 0 spiro atoms. The summed E-state index contributed by atoms with van der Waals surface area (Å²) in [5, 5.41) is 13.7. The van der Waals surface area contributed by atoms with E-state index in [4.69, 9.17) is 5.73 Å². The van der Waals surface area contributed by atoms with Crippen molar-refractivity contribution in [2.24, 2.45) is 23.5 Å². The third-order valence-electron chi connectivity index (χ3n) is 6.00. The molecule has 3 unspecified atom stereocenters. The summed E-state index contributed by atoms with van der Waals surface area (Å²) in [6, 6.07) is 4.67. The summed E-state index contributed by atoms with van der Waals surface area (Å²) in [5.74, 6) is 0.601. The highest BCUT2D eigenvalue weighted by Gasteiger charge is 2.43. The molecule has 1 aromatic carbocycles. The van der Waals surface area contributed by atoms with E-state index in [2.05, 4.69) is 33.7 Å². The van der Waals surface area contributed by atoms with Gasteiger partial charge in [-0.15, -0.1) is 12.6 Å². The fourth-order valence-electron chi connectivity index (χ4n) is 4.71. The number of nitrogens with one attached hydrogen (secondary N) is 3. The van der Waals surface area contributed by atoms with Crippen LogP contribution in [0.2, 0.25) is 0 Å². The molecule has 160 valence electrons. The van der Waals surface area contributed by atoms with Crippen molar-refractivity contribution in [1.29, 1.82) is 0 Å². The molecule has 3 atom stereocenters. The number of aliphatic hydroxyl groups is 1. The van der Waals surface area contributed by atoms with Crippen LogP contribution in [0.25, 0.3) is 0 Å². The second-order valence-electron chi connectivity index (χ2n) is 8.10. The number of amides is 1. The lowest BCUT2D eigenvalue weighted by atomic mass is 9.75. The van der Waals surface area contributed by atoms with E-state index in [1.54, 1.807) is 12.1 Å². The first-order valence-electron chi connectivity index (χ1n) is 9.74. The Hall–Kier alpha value is -2.46. The van der Waals surface area contributed by atoms with Crippen molar-refractivity contribution in [2.45, 2.75) is 24.2 Å². The first kappa shape index (κ1) is 20.8. The Balaban J connectivity index is 1.62. The van der Waals surface area contributed by atoms with Crippen molar-refractivity contribution in [3.05, 3.63) is 41.2 Å². The third-order valence-corrected chi connectivity index (χ3v) is 6.98. The van der Waals surface area contributed by atoms with E-state index in [9.17, 15) is 18.3 Å². The predicted molar refractivity (Wildman–Crippen MR) is 117 cm³/mol. The SMILES string of the molecule is CS(=O)(=O)Nc1ccc([NH+]=C(N)C2=C(O)CC3C4=CC(CC4)C3CNC2=O)c(S)c1. The zero-order valence-corrected chi connectivity index (χ0v) is 18.2. The van der Waals surface area contributed by atoms with Gasteiger partial charge in [0.15, 0.2) is 5.57 Å². The van der Waals surface area contributed by atoms with Crippen LogP contribution in [0.5, 0.6) is 0 Å². The van der Waals surface area contributed by atoms with Gasteiger partial charge in [-0.3, -0.25) is 15.3 Å². The topological polar surface area (TPSA) is 135 Å². The van der Waals surface area contributed by atoms with Crippen LogP contribution in [0.15, 0.2) is 46.1 Å². The number of rotatable bonds is 4. The number of hydrogen-bond acceptors (Lipinski definition) is 5. The molecule has 8 nitrogen and oxygen atoms in total. The summed E-state index contributed by atoms with van der Waals surface area (Å²) in [5.41, 5.74) is 8.40. The molecule has 0 saturated carbocycles. The molecule has 0 aromatic heterocycles. The molecule has 1 aromatic rings. The maximum Gasteiger partial charge on any atom is 0.287 e. The van der Waals surface area contributed by atoms with Gasteiger partial charge in [-0.2, -0.15) is 0 Å². The Morgan fingerprint density at radius 3 is 2.87 bits per heavy atom. The second-order valence-corrected chi connectivity index (χ2v) is 10.3. The van der Waals surface area contributed by atoms with E-state index in [1.165, 1.54) is 11.6 Å². The van der Waals surface area contributed by atoms with Crippen molar-refractivity contribution in [1.82, 2.24) is 5.32 Å². The van der Waals surface area contributed by atoms with Gasteiger partial charge in [0.1, 0.15) is 11.4 Å². The molecule has 2 bridgehead atoms. The Morgan fingerprint density at radius 1 is 1.40 bits per heavy atom. The number of thiol groups is 1. The quantitative estimate of drug-likeness (QED) is 0.170. The van der Waals surface area contributed by atoms with Crippen LogP contribution < -0.4 is 20.8 Å². The monoisotopic (exact) mass is 449 g/mol. The number of fused-ring (bicyclic) bond motifs is 4. The van der Waals surface area contributed by atoms with Crippen LogP contribution >= 0.6 is 12.6 Å². The number of aliphatic hydroxyl groups excluding tert-OH is 1. The average molecular weight is 450 g/mol. The zero-order valence-electron chi connectivity index (χ0n) is 16.5. The Labute approximate surface area is 180 Å². The molecular weight excluding hydrogens is 424 g/mol. The van der Waals surface area contributed by atoms with E-state index >= 15 is 0 Å². The minimum absolute atomic E-state index is 0.0136. The first-order chi connectivity index (χ1) is 14.1. The second kappa shape index (κ2) is 7.66. The van der Waals surface area contributed by atoms with Crippen molar-refractivity contribution in [3.8, 4) is 0 Å². The molecule has 0 saturated heterocycles. The summed E-state index contributed by atoms with van der Waals surface area (Å²) in [4.78, 5) is 16.1. The van der Waals surface area contributed by atoms with E-state index in [-0.39, 0.29) is 23.1 Å². The number of benzene rings is 1. The minimum Gasteiger partial charge on any atom is -0.511 e. The van der Waals surface area contributed by atoms with Gasteiger partial charge in [0, 0.05) is 18.7 Å². The number of sulfonamides is 1. The van der Waals surface area contributed by atoms with E-state index in [0.29, 0.717) is 41.1 Å². The highest BCUT2D eigenvalue weighted by Crippen LogP contribution is 2.49. The Morgan fingerprint density at radius 2 is 2.17 bits per heavy atom. The number of carbonyl (C=O) groups is 1.